The molecule has 5 unspecified atom stereocenters. The molecule has 0 aromatic heterocycles. The van der Waals surface area contributed by atoms with Crippen molar-refractivity contribution in [2.24, 2.45) is 5.11 Å². The summed E-state index contributed by atoms with van der Waals surface area (Å²) in [5.41, 5.74) is 8.34. The van der Waals surface area contributed by atoms with Crippen molar-refractivity contribution in [3.8, 4) is 0 Å². The van der Waals surface area contributed by atoms with Gasteiger partial charge in [0, 0.05) is 18.9 Å². The van der Waals surface area contributed by atoms with Crippen LogP contribution in [0, 0.1) is 0 Å². The maximum atomic E-state index is 11.4. The molecule has 0 spiro atoms. The predicted octanol–water partition coefficient (Wildman–Crippen LogP) is -1.12. The second-order valence-electron chi connectivity index (χ2n) is 4.67. The van der Waals surface area contributed by atoms with Crippen LogP contribution in [0.4, 0.5) is 0 Å². The summed E-state index contributed by atoms with van der Waals surface area (Å²) in [6, 6.07) is -1.06. The van der Waals surface area contributed by atoms with Crippen LogP contribution in [-0.4, -0.2) is 70.0 Å². The van der Waals surface area contributed by atoms with Gasteiger partial charge in [-0.2, -0.15) is 8.42 Å². The highest BCUT2D eigenvalue weighted by Crippen LogP contribution is 2.25. The topological polar surface area (TPSA) is 160 Å². The molecule has 0 aromatic rings. The monoisotopic (exact) mass is 338 g/mol. The molecule has 0 bridgehead atoms. The Hall–Kier alpha value is -1.43. The van der Waals surface area contributed by atoms with Crippen LogP contribution in [0.15, 0.2) is 5.11 Å². The maximum absolute atomic E-state index is 11.4. The van der Waals surface area contributed by atoms with Gasteiger partial charge in [0.2, 0.25) is 5.91 Å². The lowest BCUT2D eigenvalue weighted by Crippen LogP contribution is -2.65. The molecule has 1 fully saturated rings. The normalized spacial score (nSPS) is 32.1. The van der Waals surface area contributed by atoms with E-state index in [0.29, 0.717) is 0 Å². The third kappa shape index (κ3) is 5.09. The lowest BCUT2D eigenvalue weighted by atomic mass is 9.96. The van der Waals surface area contributed by atoms with Crippen molar-refractivity contribution in [3.05, 3.63) is 10.4 Å². The van der Waals surface area contributed by atoms with Crippen molar-refractivity contribution < 1.29 is 32.0 Å². The zero-order valence-electron chi connectivity index (χ0n) is 12.2. The standard InChI is InChI=1S/C10H18N4O7S/c1-5(15)13-7-9(21-22(3,17)18)8(16)6(4-12-14-11)20-10(7)19-2/h6-10,16H,4H2,1-3H3,(H,13,15). The molecule has 126 valence electrons. The largest absolute Gasteiger partial charge is 0.388 e. The van der Waals surface area contributed by atoms with E-state index in [9.17, 15) is 18.3 Å². The number of azide groups is 1. The van der Waals surface area contributed by atoms with Gasteiger partial charge in [0.15, 0.2) is 6.29 Å². The van der Waals surface area contributed by atoms with Gasteiger partial charge in [0.1, 0.15) is 18.2 Å². The molecular formula is C10H18N4O7S. The van der Waals surface area contributed by atoms with E-state index in [1.54, 1.807) is 0 Å². The summed E-state index contributed by atoms with van der Waals surface area (Å²) >= 11 is 0. The van der Waals surface area contributed by atoms with E-state index in [1.807, 2.05) is 0 Å². The molecule has 11 nitrogen and oxygen atoms in total. The summed E-state index contributed by atoms with van der Waals surface area (Å²) in [5, 5.41) is 15.9. The Bertz CT molecular complexity index is 547. The van der Waals surface area contributed by atoms with Crippen molar-refractivity contribution in [1.82, 2.24) is 5.32 Å². The highest BCUT2D eigenvalue weighted by Gasteiger charge is 2.48. The van der Waals surface area contributed by atoms with Crippen molar-refractivity contribution in [1.29, 1.82) is 0 Å². The zero-order valence-corrected chi connectivity index (χ0v) is 13.1. The number of nitrogens with zero attached hydrogens (tertiary/aromatic N) is 3. The average Bonchev–Trinajstić information content (AvgIpc) is 2.40. The number of rotatable bonds is 6. The van der Waals surface area contributed by atoms with Gasteiger partial charge in [-0.25, -0.2) is 0 Å². The molecule has 1 amide bonds. The summed E-state index contributed by atoms with van der Waals surface area (Å²) in [6.07, 6.45) is -4.12. The van der Waals surface area contributed by atoms with Crippen LogP contribution in [0.2, 0.25) is 0 Å². The van der Waals surface area contributed by atoms with Crippen LogP contribution in [0.1, 0.15) is 6.92 Å². The van der Waals surface area contributed by atoms with E-state index in [1.165, 1.54) is 14.0 Å². The molecule has 1 heterocycles. The van der Waals surface area contributed by atoms with Crippen LogP contribution >= 0.6 is 0 Å². The number of ether oxygens (including phenoxy) is 2. The highest BCUT2D eigenvalue weighted by atomic mass is 32.2. The van der Waals surface area contributed by atoms with Crippen LogP contribution in [0.3, 0.4) is 0 Å². The Morgan fingerprint density at radius 2 is 2.18 bits per heavy atom. The minimum absolute atomic E-state index is 0.256. The fourth-order valence-corrected chi connectivity index (χ4v) is 2.73. The average molecular weight is 338 g/mol. The SMILES string of the molecule is COC1OC(CN=[N+]=[N-])C(O)C(OS(C)(=O)=O)C1NC(C)=O. The van der Waals surface area contributed by atoms with E-state index in [2.05, 4.69) is 15.3 Å². The van der Waals surface area contributed by atoms with Crippen molar-refractivity contribution in [2.75, 3.05) is 19.9 Å². The van der Waals surface area contributed by atoms with Crippen LogP contribution in [0.5, 0.6) is 0 Å². The molecule has 0 aromatic carbocycles. The number of hydrogen-bond acceptors (Lipinski definition) is 8. The second kappa shape index (κ2) is 7.72. The first-order valence-electron chi connectivity index (χ1n) is 6.22. The summed E-state index contributed by atoms with van der Waals surface area (Å²) < 4.78 is 38.1. The van der Waals surface area contributed by atoms with Gasteiger partial charge < -0.3 is 19.9 Å². The molecule has 5 atom stereocenters. The minimum atomic E-state index is -3.93. The molecule has 12 heteroatoms. The van der Waals surface area contributed by atoms with E-state index in [4.69, 9.17) is 19.2 Å². The van der Waals surface area contributed by atoms with Crippen molar-refractivity contribution >= 4 is 16.0 Å². The molecule has 0 saturated carbocycles. The van der Waals surface area contributed by atoms with Crippen LogP contribution in [-0.2, 0) is 28.6 Å². The number of carbonyl (C=O) groups excluding carboxylic acids is 1. The van der Waals surface area contributed by atoms with Crippen molar-refractivity contribution in [2.45, 2.75) is 37.6 Å². The minimum Gasteiger partial charge on any atom is -0.388 e. The first kappa shape index (κ1) is 18.6. The Morgan fingerprint density at radius 3 is 2.64 bits per heavy atom. The summed E-state index contributed by atoms with van der Waals surface area (Å²) in [5.74, 6) is -0.488. The van der Waals surface area contributed by atoms with E-state index in [0.717, 1.165) is 6.26 Å². The Labute approximate surface area is 127 Å². The molecule has 1 aliphatic rings. The predicted molar refractivity (Wildman–Crippen MR) is 73.0 cm³/mol. The van der Waals surface area contributed by atoms with E-state index >= 15 is 0 Å². The molecule has 1 aliphatic heterocycles. The fraction of sp³-hybridized carbons (Fsp3) is 0.900. The smallest absolute Gasteiger partial charge is 0.264 e. The maximum Gasteiger partial charge on any atom is 0.264 e. The molecule has 22 heavy (non-hydrogen) atoms. The number of nitrogens with one attached hydrogen (secondary N) is 1. The number of methoxy groups -OCH3 is 1. The molecule has 1 rings (SSSR count). The number of hydrogen-bond donors (Lipinski definition) is 2. The van der Waals surface area contributed by atoms with Gasteiger partial charge in [0.25, 0.3) is 10.1 Å². The first-order valence-corrected chi connectivity index (χ1v) is 8.03. The van der Waals surface area contributed by atoms with Crippen LogP contribution in [0.25, 0.3) is 10.4 Å². The van der Waals surface area contributed by atoms with Gasteiger partial charge in [-0.15, -0.1) is 0 Å². The molecule has 0 aliphatic carbocycles. The highest BCUT2D eigenvalue weighted by molar-refractivity contribution is 7.86. The lowest BCUT2D eigenvalue weighted by molar-refractivity contribution is -0.248. The fourth-order valence-electron chi connectivity index (χ4n) is 2.09. The Morgan fingerprint density at radius 1 is 1.55 bits per heavy atom. The molecule has 1 saturated heterocycles. The summed E-state index contributed by atoms with van der Waals surface area (Å²) in [6.45, 7) is 0.955. The van der Waals surface area contributed by atoms with Gasteiger partial charge >= 0.3 is 0 Å². The zero-order chi connectivity index (χ0) is 16.9. The number of aliphatic hydroxyl groups excluding tert-OH is 1. The molecular weight excluding hydrogens is 320 g/mol. The third-order valence-electron chi connectivity index (χ3n) is 2.89. The van der Waals surface area contributed by atoms with Gasteiger partial charge in [0.05, 0.1) is 18.9 Å². The van der Waals surface area contributed by atoms with E-state index in [-0.39, 0.29) is 6.54 Å². The van der Waals surface area contributed by atoms with Gasteiger partial charge in [-0.05, 0) is 5.53 Å². The first-order chi connectivity index (χ1) is 10.2. The lowest BCUT2D eigenvalue weighted by Gasteiger charge is -2.43. The molecule has 0 radical (unpaired) electrons. The third-order valence-corrected chi connectivity index (χ3v) is 3.46. The Balaban J connectivity index is 3.11. The summed E-state index contributed by atoms with van der Waals surface area (Å²) in [7, 11) is -2.65. The van der Waals surface area contributed by atoms with Gasteiger partial charge in [-0.1, -0.05) is 5.11 Å². The van der Waals surface area contributed by atoms with E-state index < -0.39 is 46.7 Å². The van der Waals surface area contributed by atoms with Crippen LogP contribution < -0.4 is 5.32 Å². The van der Waals surface area contributed by atoms with Crippen molar-refractivity contribution in [3.63, 3.8) is 0 Å². The van der Waals surface area contributed by atoms with Gasteiger partial charge in [-0.3, -0.25) is 8.98 Å². The molecule has 2 N–H and O–H groups in total. The summed E-state index contributed by atoms with van der Waals surface area (Å²) in [4.78, 5) is 13.8. The quantitative estimate of drug-likeness (QED) is 0.268. The number of aliphatic hydroxyl groups is 1. The number of carbonyl (C=O) groups is 1. The second-order valence-corrected chi connectivity index (χ2v) is 6.27. The number of amides is 1. The Kier molecular flexibility index (Phi) is 6.53.